The van der Waals surface area contributed by atoms with Gasteiger partial charge in [0.15, 0.2) is 0 Å². The minimum atomic E-state index is 0.345. The summed E-state index contributed by atoms with van der Waals surface area (Å²) in [6.45, 7) is 7.15. The van der Waals surface area contributed by atoms with Crippen molar-refractivity contribution in [1.82, 2.24) is 4.90 Å². The van der Waals surface area contributed by atoms with Gasteiger partial charge in [-0.25, -0.2) is 0 Å². The molecular weight excluding hydrogens is 172 g/mol. The lowest BCUT2D eigenvalue weighted by molar-refractivity contribution is 0.108. The number of nitrogens with zero attached hydrogens (tertiary/aromatic N) is 1. The van der Waals surface area contributed by atoms with Crippen molar-refractivity contribution in [2.45, 2.75) is 58.0 Å². The average Bonchev–Trinajstić information content (AvgIpc) is 2.84. The van der Waals surface area contributed by atoms with E-state index >= 15 is 0 Å². The number of piperidine rings is 1. The van der Waals surface area contributed by atoms with Gasteiger partial charge in [0.2, 0.25) is 0 Å². The molecule has 2 aliphatic rings. The Hall–Kier alpha value is -0.0800. The third kappa shape index (κ3) is 2.29. The fourth-order valence-corrected chi connectivity index (χ4v) is 2.67. The highest BCUT2D eigenvalue weighted by Crippen LogP contribution is 2.46. The summed E-state index contributed by atoms with van der Waals surface area (Å²) in [5, 5.41) is 0. The Kier molecular flexibility index (Phi) is 2.85. The molecule has 0 amide bonds. The SMILES string of the molecule is CC(N)C1CCCCN1CC1(C)CC1. The highest BCUT2D eigenvalue weighted by molar-refractivity contribution is 4.94. The highest BCUT2D eigenvalue weighted by Gasteiger charge is 2.40. The zero-order valence-electron chi connectivity index (χ0n) is 9.63. The van der Waals surface area contributed by atoms with Crippen LogP contribution in [0.15, 0.2) is 0 Å². The molecule has 2 fully saturated rings. The van der Waals surface area contributed by atoms with Gasteiger partial charge in [-0.15, -0.1) is 0 Å². The van der Waals surface area contributed by atoms with Crippen LogP contribution in [0.3, 0.4) is 0 Å². The Labute approximate surface area is 87.8 Å². The first-order chi connectivity index (χ1) is 6.61. The molecule has 2 unspecified atom stereocenters. The number of likely N-dealkylation sites (tertiary alicyclic amines) is 1. The molecule has 0 aromatic carbocycles. The van der Waals surface area contributed by atoms with Crippen molar-refractivity contribution in [3.63, 3.8) is 0 Å². The maximum atomic E-state index is 6.06. The molecule has 0 radical (unpaired) electrons. The summed E-state index contributed by atoms with van der Waals surface area (Å²) in [4.78, 5) is 2.65. The van der Waals surface area contributed by atoms with Gasteiger partial charge in [0.1, 0.15) is 0 Å². The van der Waals surface area contributed by atoms with E-state index in [2.05, 4.69) is 18.7 Å². The maximum absolute atomic E-state index is 6.06. The summed E-state index contributed by atoms with van der Waals surface area (Å²) >= 11 is 0. The van der Waals surface area contributed by atoms with Crippen LogP contribution in [0.1, 0.15) is 46.0 Å². The lowest BCUT2D eigenvalue weighted by atomic mass is 9.95. The molecule has 2 N–H and O–H groups in total. The normalized spacial score (nSPS) is 34.1. The van der Waals surface area contributed by atoms with Crippen molar-refractivity contribution in [2.24, 2.45) is 11.1 Å². The molecule has 1 saturated heterocycles. The molecule has 0 aromatic heterocycles. The Morgan fingerprint density at radius 1 is 1.43 bits per heavy atom. The molecule has 1 saturated carbocycles. The lowest BCUT2D eigenvalue weighted by Gasteiger charge is -2.39. The molecule has 14 heavy (non-hydrogen) atoms. The molecule has 2 nitrogen and oxygen atoms in total. The topological polar surface area (TPSA) is 29.3 Å². The van der Waals surface area contributed by atoms with Gasteiger partial charge in [-0.05, 0) is 44.6 Å². The van der Waals surface area contributed by atoms with Gasteiger partial charge in [0.25, 0.3) is 0 Å². The fraction of sp³-hybridized carbons (Fsp3) is 1.00. The first-order valence-electron chi connectivity index (χ1n) is 6.10. The molecule has 2 atom stereocenters. The molecule has 0 spiro atoms. The van der Waals surface area contributed by atoms with E-state index in [1.54, 1.807) is 0 Å². The van der Waals surface area contributed by atoms with Crippen LogP contribution in [-0.4, -0.2) is 30.1 Å². The molecule has 1 aliphatic carbocycles. The van der Waals surface area contributed by atoms with Crippen LogP contribution in [0.4, 0.5) is 0 Å². The first-order valence-corrected chi connectivity index (χ1v) is 6.10. The van der Waals surface area contributed by atoms with Crippen LogP contribution in [0.5, 0.6) is 0 Å². The molecule has 1 heterocycles. The van der Waals surface area contributed by atoms with Crippen molar-refractivity contribution in [3.05, 3.63) is 0 Å². The summed E-state index contributed by atoms with van der Waals surface area (Å²) in [7, 11) is 0. The standard InChI is InChI=1S/C12H24N2/c1-10(13)11-5-3-4-8-14(11)9-12(2)6-7-12/h10-11H,3-9,13H2,1-2H3. The number of hydrogen-bond acceptors (Lipinski definition) is 2. The molecule has 0 aromatic rings. The fourth-order valence-electron chi connectivity index (χ4n) is 2.67. The van der Waals surface area contributed by atoms with Gasteiger partial charge < -0.3 is 5.73 Å². The number of hydrogen-bond donors (Lipinski definition) is 1. The Balaban J connectivity index is 1.92. The van der Waals surface area contributed by atoms with E-state index in [0.29, 0.717) is 17.5 Å². The minimum absolute atomic E-state index is 0.345. The van der Waals surface area contributed by atoms with Gasteiger partial charge >= 0.3 is 0 Å². The van der Waals surface area contributed by atoms with E-state index in [0.717, 1.165) is 0 Å². The molecule has 2 rings (SSSR count). The van der Waals surface area contributed by atoms with Crippen molar-refractivity contribution in [3.8, 4) is 0 Å². The van der Waals surface area contributed by atoms with E-state index in [4.69, 9.17) is 5.73 Å². The van der Waals surface area contributed by atoms with Gasteiger partial charge in [-0.2, -0.15) is 0 Å². The molecule has 0 bridgehead atoms. The zero-order chi connectivity index (χ0) is 10.2. The maximum Gasteiger partial charge on any atom is 0.0244 e. The highest BCUT2D eigenvalue weighted by atomic mass is 15.2. The summed E-state index contributed by atoms with van der Waals surface area (Å²) < 4.78 is 0. The number of rotatable bonds is 3. The van der Waals surface area contributed by atoms with E-state index in [1.165, 1.54) is 45.2 Å². The van der Waals surface area contributed by atoms with Crippen LogP contribution in [0, 0.1) is 5.41 Å². The van der Waals surface area contributed by atoms with Gasteiger partial charge in [-0.3, -0.25) is 4.90 Å². The number of nitrogens with two attached hydrogens (primary N) is 1. The van der Waals surface area contributed by atoms with Crippen LogP contribution < -0.4 is 5.73 Å². The van der Waals surface area contributed by atoms with Crippen LogP contribution in [-0.2, 0) is 0 Å². The average molecular weight is 196 g/mol. The smallest absolute Gasteiger partial charge is 0.0244 e. The van der Waals surface area contributed by atoms with E-state index in [1.807, 2.05) is 0 Å². The summed E-state index contributed by atoms with van der Waals surface area (Å²) in [5.41, 5.74) is 6.70. The zero-order valence-corrected chi connectivity index (χ0v) is 9.63. The second-order valence-electron chi connectivity index (χ2n) is 5.70. The predicted molar refractivity (Wildman–Crippen MR) is 60.2 cm³/mol. The van der Waals surface area contributed by atoms with Crippen molar-refractivity contribution >= 4 is 0 Å². The van der Waals surface area contributed by atoms with Crippen molar-refractivity contribution in [1.29, 1.82) is 0 Å². The molecular formula is C12H24N2. The van der Waals surface area contributed by atoms with E-state index < -0.39 is 0 Å². The molecule has 2 heteroatoms. The summed E-state index contributed by atoms with van der Waals surface area (Å²) in [6.07, 6.45) is 6.91. The predicted octanol–water partition coefficient (Wildman–Crippen LogP) is 1.99. The minimum Gasteiger partial charge on any atom is -0.327 e. The van der Waals surface area contributed by atoms with Gasteiger partial charge in [-0.1, -0.05) is 13.3 Å². The Bertz CT molecular complexity index is 196. The quantitative estimate of drug-likeness (QED) is 0.748. The van der Waals surface area contributed by atoms with Crippen LogP contribution in [0.25, 0.3) is 0 Å². The second-order valence-corrected chi connectivity index (χ2v) is 5.70. The largest absolute Gasteiger partial charge is 0.327 e. The summed E-state index contributed by atoms with van der Waals surface area (Å²) in [6, 6.07) is 0.999. The molecule has 1 aliphatic heterocycles. The second kappa shape index (κ2) is 3.82. The Morgan fingerprint density at radius 3 is 2.71 bits per heavy atom. The van der Waals surface area contributed by atoms with E-state index in [9.17, 15) is 0 Å². The molecule has 82 valence electrons. The third-order valence-corrected chi connectivity index (χ3v) is 3.96. The van der Waals surface area contributed by atoms with Crippen molar-refractivity contribution < 1.29 is 0 Å². The first kappa shape index (κ1) is 10.4. The van der Waals surface area contributed by atoms with Crippen LogP contribution in [0.2, 0.25) is 0 Å². The van der Waals surface area contributed by atoms with Gasteiger partial charge in [0, 0.05) is 18.6 Å². The summed E-state index contributed by atoms with van der Waals surface area (Å²) in [5.74, 6) is 0. The third-order valence-electron chi connectivity index (χ3n) is 3.96. The lowest BCUT2D eigenvalue weighted by Crippen LogP contribution is -2.50. The van der Waals surface area contributed by atoms with E-state index in [-0.39, 0.29) is 0 Å². The Morgan fingerprint density at radius 2 is 2.14 bits per heavy atom. The van der Waals surface area contributed by atoms with Gasteiger partial charge in [0.05, 0.1) is 0 Å². The monoisotopic (exact) mass is 196 g/mol. The van der Waals surface area contributed by atoms with Crippen LogP contribution >= 0.6 is 0 Å². The van der Waals surface area contributed by atoms with Crippen molar-refractivity contribution in [2.75, 3.05) is 13.1 Å².